The average Bonchev–Trinajstić information content (AvgIpc) is 2.52. The third-order valence-electron chi connectivity index (χ3n) is 4.12. The smallest absolute Gasteiger partial charge is 0.165 e. The molecule has 0 spiro atoms. The Morgan fingerprint density at radius 3 is 2.95 bits per heavy atom. The lowest BCUT2D eigenvalue weighted by atomic mass is 10.00. The van der Waals surface area contributed by atoms with Crippen LogP contribution in [-0.2, 0) is 11.2 Å². The van der Waals surface area contributed by atoms with Gasteiger partial charge in [0.25, 0.3) is 0 Å². The number of methoxy groups -OCH3 is 1. The van der Waals surface area contributed by atoms with E-state index in [4.69, 9.17) is 9.47 Å². The second-order valence-electron chi connectivity index (χ2n) is 5.37. The third-order valence-corrected chi connectivity index (χ3v) is 4.12. The quantitative estimate of drug-likeness (QED) is 0.866. The molecule has 1 N–H and O–H groups in total. The maximum absolute atomic E-state index is 13.8. The Kier molecular flexibility index (Phi) is 5.96. The Morgan fingerprint density at radius 2 is 2.33 bits per heavy atom. The molecule has 21 heavy (non-hydrogen) atoms. The molecule has 0 radical (unpaired) electrons. The monoisotopic (exact) mass is 296 g/mol. The molecule has 0 amide bonds. The van der Waals surface area contributed by atoms with Gasteiger partial charge in [0.1, 0.15) is 0 Å². The number of benzene rings is 1. The van der Waals surface area contributed by atoms with Crippen LogP contribution in [0, 0.1) is 5.82 Å². The maximum Gasteiger partial charge on any atom is 0.165 e. The second-order valence-corrected chi connectivity index (χ2v) is 5.37. The number of nitrogens with zero attached hydrogens (tertiary/aromatic N) is 1. The van der Waals surface area contributed by atoms with Crippen molar-refractivity contribution >= 4 is 0 Å². The van der Waals surface area contributed by atoms with Crippen LogP contribution < -0.4 is 10.1 Å². The molecule has 0 aliphatic carbocycles. The Hall–Kier alpha value is -1.17. The van der Waals surface area contributed by atoms with E-state index < -0.39 is 0 Å². The molecule has 4 nitrogen and oxygen atoms in total. The zero-order valence-electron chi connectivity index (χ0n) is 13.1. The zero-order valence-corrected chi connectivity index (χ0v) is 13.1. The molecule has 1 saturated heterocycles. The van der Waals surface area contributed by atoms with Gasteiger partial charge in [0.2, 0.25) is 0 Å². The minimum atomic E-state index is -0.315. The molecule has 0 saturated carbocycles. The second kappa shape index (κ2) is 7.73. The highest BCUT2D eigenvalue weighted by Crippen LogP contribution is 2.20. The van der Waals surface area contributed by atoms with Crippen LogP contribution >= 0.6 is 0 Å². The van der Waals surface area contributed by atoms with E-state index in [-0.39, 0.29) is 23.7 Å². The van der Waals surface area contributed by atoms with Crippen LogP contribution in [0.25, 0.3) is 0 Å². The van der Waals surface area contributed by atoms with Gasteiger partial charge in [-0.1, -0.05) is 13.0 Å². The topological polar surface area (TPSA) is 33.7 Å². The summed E-state index contributed by atoms with van der Waals surface area (Å²) in [6.07, 6.45) is 0.869. The van der Waals surface area contributed by atoms with Crippen LogP contribution in [0.3, 0.4) is 0 Å². The van der Waals surface area contributed by atoms with Crippen molar-refractivity contribution in [2.24, 2.45) is 0 Å². The van der Waals surface area contributed by atoms with Gasteiger partial charge in [-0.25, -0.2) is 4.39 Å². The molecule has 1 aromatic rings. The number of halogens is 1. The summed E-state index contributed by atoms with van der Waals surface area (Å²) < 4.78 is 24.6. The summed E-state index contributed by atoms with van der Waals surface area (Å²) in [5, 5.41) is 3.31. The number of rotatable bonds is 6. The molecule has 2 unspecified atom stereocenters. The highest BCUT2D eigenvalue weighted by molar-refractivity contribution is 5.29. The number of ether oxygens (including phenoxy) is 2. The van der Waals surface area contributed by atoms with Gasteiger partial charge in [-0.05, 0) is 37.7 Å². The van der Waals surface area contributed by atoms with Crippen molar-refractivity contribution < 1.29 is 13.9 Å². The molecular weight excluding hydrogens is 271 g/mol. The lowest BCUT2D eigenvalue weighted by molar-refractivity contribution is -0.0436. The largest absolute Gasteiger partial charge is 0.494 e. The van der Waals surface area contributed by atoms with Gasteiger partial charge in [-0.3, -0.25) is 4.90 Å². The summed E-state index contributed by atoms with van der Waals surface area (Å²) >= 11 is 0. The van der Waals surface area contributed by atoms with Crippen LogP contribution in [0.4, 0.5) is 4.39 Å². The number of nitrogens with one attached hydrogen (secondary N) is 1. The van der Waals surface area contributed by atoms with E-state index in [0.29, 0.717) is 0 Å². The summed E-state index contributed by atoms with van der Waals surface area (Å²) in [5.74, 6) is -0.0320. The van der Waals surface area contributed by atoms with Crippen LogP contribution in [0.5, 0.6) is 5.75 Å². The predicted octanol–water partition coefficient (Wildman–Crippen LogP) is 1.69. The van der Waals surface area contributed by atoms with Gasteiger partial charge in [0.15, 0.2) is 11.6 Å². The average molecular weight is 296 g/mol. The minimum Gasteiger partial charge on any atom is -0.494 e. The summed E-state index contributed by atoms with van der Waals surface area (Å²) in [6, 6.07) is 5.31. The Bertz CT molecular complexity index is 456. The van der Waals surface area contributed by atoms with Gasteiger partial charge >= 0.3 is 0 Å². The van der Waals surface area contributed by atoms with E-state index in [2.05, 4.69) is 17.1 Å². The number of hydrogen-bond donors (Lipinski definition) is 1. The van der Waals surface area contributed by atoms with E-state index in [1.165, 1.54) is 7.11 Å². The normalized spacial score (nSPS) is 21.2. The molecule has 0 bridgehead atoms. The summed E-state index contributed by atoms with van der Waals surface area (Å²) in [7, 11) is 3.41. The Morgan fingerprint density at radius 1 is 1.52 bits per heavy atom. The molecule has 1 fully saturated rings. The highest BCUT2D eigenvalue weighted by Gasteiger charge is 2.26. The fraction of sp³-hybridized carbons (Fsp3) is 0.625. The zero-order chi connectivity index (χ0) is 15.2. The number of morpholine rings is 1. The van der Waals surface area contributed by atoms with Crippen LogP contribution in [0.2, 0.25) is 0 Å². The first-order chi connectivity index (χ1) is 10.2. The van der Waals surface area contributed by atoms with Crippen molar-refractivity contribution in [1.29, 1.82) is 0 Å². The summed E-state index contributed by atoms with van der Waals surface area (Å²) in [4.78, 5) is 2.38. The molecular formula is C16H25FN2O2. The van der Waals surface area contributed by atoms with Crippen molar-refractivity contribution in [3.05, 3.63) is 29.6 Å². The van der Waals surface area contributed by atoms with E-state index >= 15 is 0 Å². The van der Waals surface area contributed by atoms with Gasteiger partial charge in [-0.2, -0.15) is 0 Å². The predicted molar refractivity (Wildman–Crippen MR) is 81.4 cm³/mol. The fourth-order valence-electron chi connectivity index (χ4n) is 2.77. The van der Waals surface area contributed by atoms with Gasteiger partial charge in [0, 0.05) is 19.1 Å². The van der Waals surface area contributed by atoms with Crippen LogP contribution in [-0.4, -0.2) is 57.4 Å². The molecule has 1 aromatic carbocycles. The van der Waals surface area contributed by atoms with Crippen molar-refractivity contribution in [2.45, 2.75) is 25.5 Å². The lowest BCUT2D eigenvalue weighted by Gasteiger charge is -2.36. The number of likely N-dealkylation sites (N-methyl/N-ethyl adjacent to an activating group) is 2. The van der Waals surface area contributed by atoms with Gasteiger partial charge < -0.3 is 14.8 Å². The van der Waals surface area contributed by atoms with E-state index in [9.17, 15) is 4.39 Å². The molecule has 0 aromatic heterocycles. The number of hydrogen-bond acceptors (Lipinski definition) is 4. The molecule has 2 atom stereocenters. The van der Waals surface area contributed by atoms with E-state index in [0.717, 1.165) is 38.2 Å². The molecule has 1 heterocycles. The molecule has 1 aliphatic rings. The summed E-state index contributed by atoms with van der Waals surface area (Å²) in [5.41, 5.74) is 0.949. The minimum absolute atomic E-state index is 0.133. The Balaban J connectivity index is 2.03. The van der Waals surface area contributed by atoms with Gasteiger partial charge in [0.05, 0.1) is 19.8 Å². The van der Waals surface area contributed by atoms with Crippen molar-refractivity contribution in [1.82, 2.24) is 10.2 Å². The van der Waals surface area contributed by atoms with E-state index in [1.54, 1.807) is 12.1 Å². The first-order valence-electron chi connectivity index (χ1n) is 7.51. The van der Waals surface area contributed by atoms with Gasteiger partial charge in [-0.15, -0.1) is 0 Å². The first kappa shape index (κ1) is 16.2. The maximum atomic E-state index is 13.8. The SMILES string of the molecule is CCN1CCOC(C(Cc2ccc(OC)c(F)c2)NC)C1. The molecule has 2 rings (SSSR count). The first-order valence-corrected chi connectivity index (χ1v) is 7.51. The molecule has 118 valence electrons. The van der Waals surface area contributed by atoms with Crippen LogP contribution in [0.1, 0.15) is 12.5 Å². The van der Waals surface area contributed by atoms with E-state index in [1.807, 2.05) is 13.1 Å². The standard InChI is InChI=1S/C16H25FN2O2/c1-4-19-7-8-21-16(11-19)14(18-2)10-12-5-6-15(20-3)13(17)9-12/h5-6,9,14,16,18H,4,7-8,10-11H2,1-3H3. The van der Waals surface area contributed by atoms with Crippen molar-refractivity contribution in [3.8, 4) is 5.75 Å². The summed E-state index contributed by atoms with van der Waals surface area (Å²) in [6.45, 7) is 5.86. The fourth-order valence-corrected chi connectivity index (χ4v) is 2.77. The molecule has 1 aliphatic heterocycles. The third kappa shape index (κ3) is 4.15. The highest BCUT2D eigenvalue weighted by atomic mass is 19.1. The molecule has 5 heteroatoms. The Labute approximate surface area is 126 Å². The lowest BCUT2D eigenvalue weighted by Crippen LogP contribution is -2.52. The van der Waals surface area contributed by atoms with Crippen LogP contribution in [0.15, 0.2) is 18.2 Å². The van der Waals surface area contributed by atoms with Crippen molar-refractivity contribution in [3.63, 3.8) is 0 Å². The van der Waals surface area contributed by atoms with Crippen molar-refractivity contribution in [2.75, 3.05) is 40.4 Å².